The van der Waals surface area contributed by atoms with Crippen molar-refractivity contribution in [2.75, 3.05) is 6.61 Å². The summed E-state index contributed by atoms with van der Waals surface area (Å²) < 4.78 is 5.95. The summed E-state index contributed by atoms with van der Waals surface area (Å²) >= 11 is 1.66. The van der Waals surface area contributed by atoms with Crippen LogP contribution < -0.4 is 4.74 Å². The molecule has 22 heavy (non-hydrogen) atoms. The number of rotatable bonds is 6. The lowest BCUT2D eigenvalue weighted by Crippen LogP contribution is -1.98. The second kappa shape index (κ2) is 7.23. The van der Waals surface area contributed by atoms with Gasteiger partial charge in [-0.1, -0.05) is 49.7 Å². The van der Waals surface area contributed by atoms with Gasteiger partial charge in [0.1, 0.15) is 10.8 Å². The second-order valence-corrected chi connectivity index (χ2v) is 6.01. The van der Waals surface area contributed by atoms with Crippen LogP contribution in [0, 0.1) is 0 Å². The molecular weight excluding hydrogens is 290 g/mol. The van der Waals surface area contributed by atoms with E-state index < -0.39 is 0 Å². The van der Waals surface area contributed by atoms with Gasteiger partial charge in [-0.2, -0.15) is 0 Å². The molecule has 0 fully saturated rings. The van der Waals surface area contributed by atoms with Crippen LogP contribution in [-0.2, 0) is 0 Å². The zero-order valence-electron chi connectivity index (χ0n) is 12.7. The molecule has 112 valence electrons. The van der Waals surface area contributed by atoms with Crippen molar-refractivity contribution in [3.05, 3.63) is 60.1 Å². The molecule has 0 radical (unpaired) electrons. The van der Waals surface area contributed by atoms with Gasteiger partial charge in [0.05, 0.1) is 6.61 Å². The molecule has 3 aromatic rings. The normalized spacial score (nSPS) is 10.6. The third-order valence-electron chi connectivity index (χ3n) is 3.50. The summed E-state index contributed by atoms with van der Waals surface area (Å²) in [5, 5.41) is 3.05. The maximum Gasteiger partial charge on any atom is 0.127 e. The smallest absolute Gasteiger partial charge is 0.127 e. The average molecular weight is 309 g/mol. The first-order valence-electron chi connectivity index (χ1n) is 7.60. The molecule has 0 amide bonds. The van der Waals surface area contributed by atoms with Crippen LogP contribution in [0.2, 0.25) is 0 Å². The van der Waals surface area contributed by atoms with E-state index in [1.165, 1.54) is 5.56 Å². The molecule has 0 aliphatic carbocycles. The minimum absolute atomic E-state index is 0.764. The van der Waals surface area contributed by atoms with Gasteiger partial charge in [0.15, 0.2) is 0 Å². The minimum atomic E-state index is 0.764. The zero-order chi connectivity index (χ0) is 15.2. The Morgan fingerprint density at radius 1 is 1.05 bits per heavy atom. The summed E-state index contributed by atoms with van der Waals surface area (Å²) in [6, 6.07) is 16.7. The number of thiazole rings is 1. The van der Waals surface area contributed by atoms with Crippen LogP contribution in [0.15, 0.2) is 60.1 Å². The Bertz CT molecular complexity index is 722. The number of hydrogen-bond acceptors (Lipinski definition) is 3. The standard InChI is InChI=1S/C19H19NOS/c1-2-3-12-21-18-10-5-4-9-17(18)15-7-6-8-16(14-15)19-20-11-13-22-19/h4-11,13-14H,2-3,12H2,1H3. The van der Waals surface area contributed by atoms with Crippen LogP contribution in [0.25, 0.3) is 21.7 Å². The third-order valence-corrected chi connectivity index (χ3v) is 4.32. The number of ether oxygens (including phenoxy) is 1. The molecule has 0 aliphatic heterocycles. The molecule has 0 bridgehead atoms. The third kappa shape index (κ3) is 3.37. The fraction of sp³-hybridized carbons (Fsp3) is 0.211. The predicted molar refractivity (Wildman–Crippen MR) is 93.4 cm³/mol. The highest BCUT2D eigenvalue weighted by atomic mass is 32.1. The Morgan fingerprint density at radius 3 is 2.73 bits per heavy atom. The van der Waals surface area contributed by atoms with E-state index >= 15 is 0 Å². The number of hydrogen-bond donors (Lipinski definition) is 0. The Hall–Kier alpha value is -2.13. The quantitative estimate of drug-likeness (QED) is 0.548. The maximum atomic E-state index is 5.95. The molecule has 0 unspecified atom stereocenters. The molecule has 0 spiro atoms. The number of unbranched alkanes of at least 4 members (excludes halogenated alkanes) is 1. The Labute approximate surface area is 135 Å². The van der Waals surface area contributed by atoms with Gasteiger partial charge in [0, 0.05) is 22.7 Å². The Balaban J connectivity index is 1.92. The van der Waals surface area contributed by atoms with Crippen LogP contribution >= 0.6 is 11.3 Å². The molecule has 3 rings (SSSR count). The lowest BCUT2D eigenvalue weighted by atomic mass is 10.0. The second-order valence-electron chi connectivity index (χ2n) is 5.12. The summed E-state index contributed by atoms with van der Waals surface area (Å²) in [4.78, 5) is 4.39. The molecule has 0 N–H and O–H groups in total. The van der Waals surface area contributed by atoms with Crippen molar-refractivity contribution in [2.24, 2.45) is 0 Å². The number of aromatic nitrogens is 1. The fourth-order valence-corrected chi connectivity index (χ4v) is 2.98. The number of nitrogens with zero attached hydrogens (tertiary/aromatic N) is 1. The minimum Gasteiger partial charge on any atom is -0.493 e. The number of benzene rings is 2. The van der Waals surface area contributed by atoms with E-state index in [0.29, 0.717) is 0 Å². The van der Waals surface area contributed by atoms with E-state index in [-0.39, 0.29) is 0 Å². The van der Waals surface area contributed by atoms with E-state index in [1.807, 2.05) is 23.7 Å². The van der Waals surface area contributed by atoms with Crippen molar-refractivity contribution in [1.82, 2.24) is 4.98 Å². The first-order valence-corrected chi connectivity index (χ1v) is 8.48. The van der Waals surface area contributed by atoms with E-state index in [0.717, 1.165) is 41.3 Å². The molecule has 0 saturated heterocycles. The highest BCUT2D eigenvalue weighted by Crippen LogP contribution is 2.33. The lowest BCUT2D eigenvalue weighted by Gasteiger charge is -2.12. The van der Waals surface area contributed by atoms with Crippen LogP contribution in [0.5, 0.6) is 5.75 Å². The van der Waals surface area contributed by atoms with Crippen LogP contribution in [-0.4, -0.2) is 11.6 Å². The van der Waals surface area contributed by atoms with Crippen LogP contribution in [0.1, 0.15) is 19.8 Å². The van der Waals surface area contributed by atoms with Crippen molar-refractivity contribution in [3.8, 4) is 27.4 Å². The first-order chi connectivity index (χ1) is 10.9. The molecule has 0 aliphatic rings. The summed E-state index contributed by atoms with van der Waals surface area (Å²) in [7, 11) is 0. The summed E-state index contributed by atoms with van der Waals surface area (Å²) in [6.07, 6.45) is 4.06. The van der Waals surface area contributed by atoms with Gasteiger partial charge in [-0.05, 0) is 24.1 Å². The summed E-state index contributed by atoms with van der Waals surface area (Å²) in [5.74, 6) is 0.951. The monoisotopic (exact) mass is 309 g/mol. The van der Waals surface area contributed by atoms with Gasteiger partial charge >= 0.3 is 0 Å². The predicted octanol–water partition coefficient (Wildman–Crippen LogP) is 5.66. The Kier molecular flexibility index (Phi) is 4.86. The number of para-hydroxylation sites is 1. The van der Waals surface area contributed by atoms with Gasteiger partial charge in [-0.15, -0.1) is 11.3 Å². The molecule has 0 atom stereocenters. The summed E-state index contributed by atoms with van der Waals surface area (Å²) in [5.41, 5.74) is 3.45. The zero-order valence-corrected chi connectivity index (χ0v) is 13.5. The molecular formula is C19H19NOS. The molecule has 2 aromatic carbocycles. The van der Waals surface area contributed by atoms with Gasteiger partial charge in [-0.3, -0.25) is 0 Å². The topological polar surface area (TPSA) is 22.1 Å². The lowest BCUT2D eigenvalue weighted by molar-refractivity contribution is 0.310. The molecule has 0 saturated carbocycles. The van der Waals surface area contributed by atoms with Crippen molar-refractivity contribution >= 4 is 11.3 Å². The van der Waals surface area contributed by atoms with Crippen molar-refractivity contribution in [3.63, 3.8) is 0 Å². The summed E-state index contributed by atoms with van der Waals surface area (Å²) in [6.45, 7) is 2.94. The van der Waals surface area contributed by atoms with Crippen LogP contribution in [0.4, 0.5) is 0 Å². The van der Waals surface area contributed by atoms with Gasteiger partial charge < -0.3 is 4.74 Å². The van der Waals surface area contributed by atoms with E-state index in [1.54, 1.807) is 11.3 Å². The Morgan fingerprint density at radius 2 is 1.91 bits per heavy atom. The van der Waals surface area contributed by atoms with Crippen molar-refractivity contribution in [2.45, 2.75) is 19.8 Å². The maximum absolute atomic E-state index is 5.95. The fourth-order valence-electron chi connectivity index (χ4n) is 2.34. The molecule has 1 aromatic heterocycles. The van der Waals surface area contributed by atoms with Gasteiger partial charge in [0.2, 0.25) is 0 Å². The largest absolute Gasteiger partial charge is 0.493 e. The first kappa shape index (κ1) is 14.8. The van der Waals surface area contributed by atoms with E-state index in [4.69, 9.17) is 4.74 Å². The van der Waals surface area contributed by atoms with Gasteiger partial charge in [0.25, 0.3) is 0 Å². The van der Waals surface area contributed by atoms with Crippen molar-refractivity contribution < 1.29 is 4.74 Å². The average Bonchev–Trinajstić information content (AvgIpc) is 3.10. The highest BCUT2D eigenvalue weighted by molar-refractivity contribution is 7.13. The molecule has 1 heterocycles. The molecule has 2 nitrogen and oxygen atoms in total. The highest BCUT2D eigenvalue weighted by Gasteiger charge is 2.08. The van der Waals surface area contributed by atoms with Crippen molar-refractivity contribution in [1.29, 1.82) is 0 Å². The van der Waals surface area contributed by atoms with Crippen LogP contribution in [0.3, 0.4) is 0 Å². The SMILES string of the molecule is CCCCOc1ccccc1-c1cccc(-c2nccs2)c1. The van der Waals surface area contributed by atoms with Gasteiger partial charge in [-0.25, -0.2) is 4.98 Å². The van der Waals surface area contributed by atoms with E-state index in [2.05, 4.69) is 48.3 Å². The molecule has 3 heteroatoms. The van der Waals surface area contributed by atoms with E-state index in [9.17, 15) is 0 Å².